The van der Waals surface area contributed by atoms with Crippen LogP contribution in [-0.2, 0) is 6.42 Å². The van der Waals surface area contributed by atoms with E-state index >= 15 is 0 Å². The second-order valence-electron chi connectivity index (χ2n) is 6.66. The van der Waals surface area contributed by atoms with Gasteiger partial charge in [0, 0.05) is 17.9 Å². The van der Waals surface area contributed by atoms with Gasteiger partial charge in [0.2, 0.25) is 5.89 Å². The second kappa shape index (κ2) is 5.98. The van der Waals surface area contributed by atoms with Gasteiger partial charge in [0.25, 0.3) is 5.95 Å². The Bertz CT molecular complexity index is 863. The summed E-state index contributed by atoms with van der Waals surface area (Å²) in [6, 6.07) is 4.68. The molecule has 0 radical (unpaired) electrons. The van der Waals surface area contributed by atoms with Gasteiger partial charge in [-0.1, -0.05) is 13.8 Å². The van der Waals surface area contributed by atoms with E-state index in [9.17, 15) is 4.39 Å². The van der Waals surface area contributed by atoms with Crippen molar-refractivity contribution < 1.29 is 8.91 Å². The Hall–Kier alpha value is -2.28. The van der Waals surface area contributed by atoms with Crippen molar-refractivity contribution in [2.75, 3.05) is 13.1 Å². The lowest BCUT2D eigenvalue weighted by Gasteiger charge is -2.01. The summed E-state index contributed by atoms with van der Waals surface area (Å²) in [5.41, 5.74) is 1.56. The van der Waals surface area contributed by atoms with Gasteiger partial charge in [0.05, 0.1) is 11.2 Å². The predicted molar refractivity (Wildman–Crippen MR) is 87.7 cm³/mol. The number of halogens is 1. The number of nitrogens with zero attached hydrogens (tertiary/aromatic N) is 4. The first-order valence-corrected chi connectivity index (χ1v) is 8.33. The molecule has 2 aromatic heterocycles. The van der Waals surface area contributed by atoms with Gasteiger partial charge in [-0.15, -0.1) is 0 Å². The summed E-state index contributed by atoms with van der Waals surface area (Å²) >= 11 is 0. The minimum Gasteiger partial charge on any atom is -0.337 e. The molecule has 1 fully saturated rings. The first-order valence-electron chi connectivity index (χ1n) is 8.33. The lowest BCUT2D eigenvalue weighted by atomic mass is 10.1. The molecule has 6 nitrogen and oxygen atoms in total. The summed E-state index contributed by atoms with van der Waals surface area (Å²) in [5, 5.41) is 12.9. The number of nitrogens with one attached hydrogen (secondary N) is 1. The molecule has 1 saturated heterocycles. The molecule has 4 rings (SSSR count). The smallest absolute Gasteiger partial charge is 0.291 e. The van der Waals surface area contributed by atoms with E-state index in [1.165, 1.54) is 12.1 Å². The highest BCUT2D eigenvalue weighted by Gasteiger charge is 2.21. The van der Waals surface area contributed by atoms with E-state index in [-0.39, 0.29) is 11.7 Å². The Labute approximate surface area is 139 Å². The van der Waals surface area contributed by atoms with Crippen molar-refractivity contribution in [3.05, 3.63) is 35.6 Å². The third kappa shape index (κ3) is 2.69. The Morgan fingerprint density at radius 2 is 2.29 bits per heavy atom. The van der Waals surface area contributed by atoms with Crippen LogP contribution in [0, 0.1) is 11.7 Å². The average molecular weight is 329 g/mol. The van der Waals surface area contributed by atoms with E-state index in [0.717, 1.165) is 37.0 Å². The first-order chi connectivity index (χ1) is 11.6. The molecule has 0 spiro atoms. The molecule has 1 N–H and O–H groups in total. The Morgan fingerprint density at radius 1 is 1.42 bits per heavy atom. The molecule has 0 aliphatic carbocycles. The van der Waals surface area contributed by atoms with Crippen molar-refractivity contribution in [2.24, 2.45) is 5.92 Å². The highest BCUT2D eigenvalue weighted by atomic mass is 19.1. The molecule has 1 aromatic carbocycles. The fraction of sp³-hybridized carbons (Fsp3) is 0.471. The van der Waals surface area contributed by atoms with Gasteiger partial charge in [-0.3, -0.25) is 0 Å². The predicted octanol–water partition coefficient (Wildman–Crippen LogP) is 2.82. The molecule has 24 heavy (non-hydrogen) atoms. The number of benzene rings is 1. The zero-order chi connectivity index (χ0) is 16.7. The van der Waals surface area contributed by atoms with E-state index in [1.54, 1.807) is 10.7 Å². The quantitative estimate of drug-likeness (QED) is 0.797. The molecular weight excluding hydrogens is 309 g/mol. The Kier molecular flexibility index (Phi) is 3.80. The standard InChI is InChI=1S/C17H20FN5O/c1-10(2)16-13-4-3-12(18)8-14(13)23(21-16)17-20-15(24-22-17)7-11-5-6-19-9-11/h3-4,8,10-11,19H,5-7,9H2,1-2H3/t11-/m0/s1. The molecule has 0 unspecified atom stereocenters. The number of aromatic nitrogens is 4. The van der Waals surface area contributed by atoms with Crippen LogP contribution in [0.5, 0.6) is 0 Å². The molecule has 1 atom stereocenters. The molecule has 7 heteroatoms. The molecule has 3 heterocycles. The van der Waals surface area contributed by atoms with Crippen LogP contribution in [0.3, 0.4) is 0 Å². The molecule has 0 amide bonds. The number of rotatable bonds is 4. The van der Waals surface area contributed by atoms with Crippen molar-refractivity contribution in [3.63, 3.8) is 0 Å². The lowest BCUT2D eigenvalue weighted by Crippen LogP contribution is -2.11. The number of hydrogen-bond acceptors (Lipinski definition) is 5. The van der Waals surface area contributed by atoms with Crippen LogP contribution >= 0.6 is 0 Å². The van der Waals surface area contributed by atoms with Gasteiger partial charge in [-0.2, -0.15) is 14.8 Å². The summed E-state index contributed by atoms with van der Waals surface area (Å²) in [6.07, 6.45) is 1.87. The fourth-order valence-corrected chi connectivity index (χ4v) is 3.24. The van der Waals surface area contributed by atoms with Gasteiger partial charge < -0.3 is 9.84 Å². The van der Waals surface area contributed by atoms with Crippen LogP contribution in [0.25, 0.3) is 16.9 Å². The lowest BCUT2D eigenvalue weighted by molar-refractivity contribution is 0.355. The molecule has 1 aliphatic heterocycles. The summed E-state index contributed by atoms with van der Waals surface area (Å²) < 4.78 is 20.7. The summed E-state index contributed by atoms with van der Waals surface area (Å²) in [5.74, 6) is 1.40. The van der Waals surface area contributed by atoms with Gasteiger partial charge in [-0.05, 0) is 48.6 Å². The van der Waals surface area contributed by atoms with E-state index < -0.39 is 0 Å². The SMILES string of the molecule is CC(C)c1nn(-c2noc(C[C@@H]3CCNC3)n2)c2cc(F)ccc12. The van der Waals surface area contributed by atoms with E-state index in [0.29, 0.717) is 23.3 Å². The topological polar surface area (TPSA) is 68.8 Å². The summed E-state index contributed by atoms with van der Waals surface area (Å²) in [7, 11) is 0. The normalized spacial score (nSPS) is 18.1. The van der Waals surface area contributed by atoms with Crippen LogP contribution in [0.15, 0.2) is 22.7 Å². The van der Waals surface area contributed by atoms with Crippen LogP contribution in [-0.4, -0.2) is 33.0 Å². The Balaban J connectivity index is 1.73. The van der Waals surface area contributed by atoms with E-state index in [4.69, 9.17) is 4.52 Å². The molecule has 0 bridgehead atoms. The molecule has 0 saturated carbocycles. The maximum Gasteiger partial charge on any atom is 0.291 e. The van der Waals surface area contributed by atoms with Crippen LogP contribution in [0.4, 0.5) is 4.39 Å². The first kappa shape index (κ1) is 15.3. The number of fused-ring (bicyclic) bond motifs is 1. The van der Waals surface area contributed by atoms with Crippen molar-refractivity contribution in [2.45, 2.75) is 32.6 Å². The Morgan fingerprint density at radius 3 is 3.04 bits per heavy atom. The minimum atomic E-state index is -0.306. The third-order valence-corrected chi connectivity index (χ3v) is 4.49. The average Bonchev–Trinajstić information content (AvgIpc) is 3.26. The molecule has 3 aromatic rings. The zero-order valence-electron chi connectivity index (χ0n) is 13.8. The van der Waals surface area contributed by atoms with E-state index in [2.05, 4.69) is 34.4 Å². The molecular formula is C17H20FN5O. The maximum atomic E-state index is 13.7. The van der Waals surface area contributed by atoms with Crippen molar-refractivity contribution >= 4 is 10.9 Å². The largest absolute Gasteiger partial charge is 0.337 e. The van der Waals surface area contributed by atoms with Crippen molar-refractivity contribution in [1.82, 2.24) is 25.2 Å². The summed E-state index contributed by atoms with van der Waals surface area (Å²) in [6.45, 7) is 6.13. The van der Waals surface area contributed by atoms with Crippen molar-refractivity contribution in [3.8, 4) is 5.95 Å². The highest BCUT2D eigenvalue weighted by Crippen LogP contribution is 2.27. The van der Waals surface area contributed by atoms with Gasteiger partial charge in [-0.25, -0.2) is 4.39 Å². The monoisotopic (exact) mass is 329 g/mol. The number of hydrogen-bond donors (Lipinski definition) is 1. The van der Waals surface area contributed by atoms with E-state index in [1.807, 2.05) is 0 Å². The molecule has 126 valence electrons. The highest BCUT2D eigenvalue weighted by molar-refractivity contribution is 5.83. The van der Waals surface area contributed by atoms with Crippen LogP contribution in [0.2, 0.25) is 0 Å². The van der Waals surface area contributed by atoms with Gasteiger partial charge in [0.1, 0.15) is 5.82 Å². The minimum absolute atomic E-state index is 0.218. The third-order valence-electron chi connectivity index (χ3n) is 4.49. The second-order valence-corrected chi connectivity index (χ2v) is 6.66. The molecule has 1 aliphatic rings. The van der Waals surface area contributed by atoms with Crippen LogP contribution in [0.1, 0.15) is 37.8 Å². The van der Waals surface area contributed by atoms with Crippen LogP contribution < -0.4 is 5.32 Å². The maximum absolute atomic E-state index is 13.7. The summed E-state index contributed by atoms with van der Waals surface area (Å²) in [4.78, 5) is 4.47. The fourth-order valence-electron chi connectivity index (χ4n) is 3.24. The van der Waals surface area contributed by atoms with Crippen molar-refractivity contribution in [1.29, 1.82) is 0 Å². The van der Waals surface area contributed by atoms with Gasteiger partial charge in [0.15, 0.2) is 0 Å². The zero-order valence-corrected chi connectivity index (χ0v) is 13.8. The van der Waals surface area contributed by atoms with Gasteiger partial charge >= 0.3 is 0 Å².